The van der Waals surface area contributed by atoms with Crippen LogP contribution >= 0.6 is 0 Å². The number of carbonyl (C=O) groups excluding carboxylic acids is 2. The number of carbonyl (C=O) groups is 2. The molecule has 0 spiro atoms. The van der Waals surface area contributed by atoms with Crippen LogP contribution in [-0.2, 0) is 9.59 Å². The van der Waals surface area contributed by atoms with Gasteiger partial charge in [-0.25, -0.2) is 0 Å². The molecule has 0 bridgehead atoms. The molecular formula is C20H21NO4. The molecule has 1 saturated heterocycles. The van der Waals surface area contributed by atoms with Crippen LogP contribution in [0, 0.1) is 19.8 Å². The minimum Gasteiger partial charge on any atom is -0.495 e. The number of aryl methyl sites for hydroxylation is 2. The lowest BCUT2D eigenvalue weighted by atomic mass is 10.1. The second-order valence-corrected chi connectivity index (χ2v) is 6.22. The number of methoxy groups -OCH3 is 1. The second kappa shape index (κ2) is 6.97. The van der Waals surface area contributed by atoms with Gasteiger partial charge in [-0.1, -0.05) is 30.3 Å². The molecular weight excluding hydrogens is 318 g/mol. The van der Waals surface area contributed by atoms with E-state index in [0.29, 0.717) is 23.7 Å². The molecule has 1 heterocycles. The normalized spacial score (nSPS) is 16.8. The lowest BCUT2D eigenvalue weighted by molar-refractivity contribution is -0.139. The van der Waals surface area contributed by atoms with Crippen molar-refractivity contribution in [1.29, 1.82) is 0 Å². The van der Waals surface area contributed by atoms with Gasteiger partial charge in [0.05, 0.1) is 18.7 Å². The van der Waals surface area contributed by atoms with Crippen LogP contribution < -0.4 is 14.4 Å². The topological polar surface area (TPSA) is 55.8 Å². The summed E-state index contributed by atoms with van der Waals surface area (Å²) in [5.41, 5.74) is 2.48. The summed E-state index contributed by atoms with van der Waals surface area (Å²) in [6, 6.07) is 13.0. The third-order valence-corrected chi connectivity index (χ3v) is 4.45. The van der Waals surface area contributed by atoms with E-state index < -0.39 is 5.92 Å². The van der Waals surface area contributed by atoms with Gasteiger partial charge in [-0.3, -0.25) is 9.59 Å². The second-order valence-electron chi connectivity index (χ2n) is 6.22. The number of esters is 1. The minimum absolute atomic E-state index is 0.104. The molecule has 5 heteroatoms. The Morgan fingerprint density at radius 1 is 1.08 bits per heavy atom. The maximum absolute atomic E-state index is 12.6. The Labute approximate surface area is 147 Å². The monoisotopic (exact) mass is 339 g/mol. The van der Waals surface area contributed by atoms with Crippen LogP contribution in [0.4, 0.5) is 5.69 Å². The van der Waals surface area contributed by atoms with Crippen LogP contribution in [0.3, 0.4) is 0 Å². The van der Waals surface area contributed by atoms with Crippen molar-refractivity contribution in [2.45, 2.75) is 20.3 Å². The summed E-state index contributed by atoms with van der Waals surface area (Å²) in [7, 11) is 1.56. The highest BCUT2D eigenvalue weighted by Crippen LogP contribution is 2.33. The van der Waals surface area contributed by atoms with E-state index in [2.05, 4.69) is 0 Å². The molecule has 0 radical (unpaired) electrons. The van der Waals surface area contributed by atoms with Crippen molar-refractivity contribution in [3.05, 3.63) is 53.6 Å². The quantitative estimate of drug-likeness (QED) is 0.634. The summed E-state index contributed by atoms with van der Waals surface area (Å²) in [6.07, 6.45) is 0.141. The highest BCUT2D eigenvalue weighted by atomic mass is 16.5. The summed E-state index contributed by atoms with van der Waals surface area (Å²) < 4.78 is 10.9. The summed E-state index contributed by atoms with van der Waals surface area (Å²) in [4.78, 5) is 26.6. The molecule has 1 fully saturated rings. The zero-order valence-corrected chi connectivity index (χ0v) is 14.6. The number of hydrogen-bond donors (Lipinski definition) is 0. The molecule has 0 aromatic heterocycles. The fraction of sp³-hybridized carbons (Fsp3) is 0.300. The van der Waals surface area contributed by atoms with E-state index in [4.69, 9.17) is 9.47 Å². The molecule has 0 aliphatic carbocycles. The zero-order chi connectivity index (χ0) is 18.0. The molecule has 1 aliphatic rings. The first kappa shape index (κ1) is 17.0. The third kappa shape index (κ3) is 3.36. The first-order valence-electron chi connectivity index (χ1n) is 8.22. The molecule has 0 saturated carbocycles. The fourth-order valence-corrected chi connectivity index (χ4v) is 3.10. The van der Waals surface area contributed by atoms with Crippen LogP contribution in [0.1, 0.15) is 17.5 Å². The molecule has 0 N–H and O–H groups in total. The highest BCUT2D eigenvalue weighted by Gasteiger charge is 2.37. The van der Waals surface area contributed by atoms with Gasteiger partial charge in [0, 0.05) is 13.0 Å². The summed E-state index contributed by atoms with van der Waals surface area (Å²) in [5.74, 6) is 0.225. The van der Waals surface area contributed by atoms with Crippen molar-refractivity contribution in [2.24, 2.45) is 5.92 Å². The van der Waals surface area contributed by atoms with Gasteiger partial charge in [0.25, 0.3) is 0 Å². The number of nitrogens with zero attached hydrogens (tertiary/aromatic N) is 1. The molecule has 0 unspecified atom stereocenters. The number of rotatable bonds is 4. The number of anilines is 1. The fourth-order valence-electron chi connectivity index (χ4n) is 3.10. The number of ether oxygens (including phenoxy) is 2. The van der Waals surface area contributed by atoms with Gasteiger partial charge < -0.3 is 14.4 Å². The number of hydrogen-bond acceptors (Lipinski definition) is 4. The standard InChI is InChI=1S/C20H21NO4/c1-13-7-6-8-14(2)19(13)25-20(23)15-11-18(22)21(12-15)16-9-4-5-10-17(16)24-3/h4-10,15H,11-12H2,1-3H3/t15-/m1/s1. The lowest BCUT2D eigenvalue weighted by Gasteiger charge is -2.19. The van der Waals surface area contributed by atoms with E-state index in [1.807, 2.05) is 50.2 Å². The molecule has 25 heavy (non-hydrogen) atoms. The Balaban J connectivity index is 1.77. The molecule has 1 atom stereocenters. The van der Waals surface area contributed by atoms with Gasteiger partial charge >= 0.3 is 5.97 Å². The van der Waals surface area contributed by atoms with Crippen molar-refractivity contribution in [3.63, 3.8) is 0 Å². The van der Waals surface area contributed by atoms with Crippen molar-refractivity contribution in [1.82, 2.24) is 0 Å². The van der Waals surface area contributed by atoms with Gasteiger partial charge in [0.15, 0.2) is 0 Å². The Bertz CT molecular complexity index is 795. The van der Waals surface area contributed by atoms with Crippen molar-refractivity contribution in [3.8, 4) is 11.5 Å². The van der Waals surface area contributed by atoms with Gasteiger partial charge in [-0.15, -0.1) is 0 Å². The Kier molecular flexibility index (Phi) is 4.74. The molecule has 2 aromatic rings. The van der Waals surface area contributed by atoms with E-state index >= 15 is 0 Å². The molecule has 2 aromatic carbocycles. The lowest BCUT2D eigenvalue weighted by Crippen LogP contribution is -2.27. The SMILES string of the molecule is COc1ccccc1N1C[C@H](C(=O)Oc2c(C)cccc2C)CC1=O. The van der Waals surface area contributed by atoms with Gasteiger partial charge in [0.1, 0.15) is 11.5 Å². The van der Waals surface area contributed by atoms with Crippen molar-refractivity contribution >= 4 is 17.6 Å². The smallest absolute Gasteiger partial charge is 0.316 e. The largest absolute Gasteiger partial charge is 0.495 e. The summed E-state index contributed by atoms with van der Waals surface area (Å²) >= 11 is 0. The van der Waals surface area contributed by atoms with E-state index in [1.54, 1.807) is 18.1 Å². The summed E-state index contributed by atoms with van der Waals surface area (Å²) in [6.45, 7) is 4.09. The number of para-hydroxylation sites is 3. The first-order valence-corrected chi connectivity index (χ1v) is 8.22. The zero-order valence-electron chi connectivity index (χ0n) is 14.6. The van der Waals surface area contributed by atoms with Crippen molar-refractivity contribution in [2.75, 3.05) is 18.6 Å². The summed E-state index contributed by atoms with van der Waals surface area (Å²) in [5, 5.41) is 0. The van der Waals surface area contributed by atoms with Crippen molar-refractivity contribution < 1.29 is 19.1 Å². The average Bonchev–Trinajstić information content (AvgIpc) is 3.00. The van der Waals surface area contributed by atoms with E-state index in [0.717, 1.165) is 11.1 Å². The minimum atomic E-state index is -0.489. The average molecular weight is 339 g/mol. The van der Waals surface area contributed by atoms with E-state index in [9.17, 15) is 9.59 Å². The highest BCUT2D eigenvalue weighted by molar-refractivity contribution is 6.00. The van der Waals surface area contributed by atoms with Crippen LogP contribution in [0.5, 0.6) is 11.5 Å². The maximum Gasteiger partial charge on any atom is 0.316 e. The molecule has 1 aliphatic heterocycles. The van der Waals surface area contributed by atoms with E-state index in [-0.39, 0.29) is 18.3 Å². The Hall–Kier alpha value is -2.82. The Morgan fingerprint density at radius 2 is 1.76 bits per heavy atom. The number of benzene rings is 2. The third-order valence-electron chi connectivity index (χ3n) is 4.45. The molecule has 3 rings (SSSR count). The molecule has 5 nitrogen and oxygen atoms in total. The molecule has 130 valence electrons. The maximum atomic E-state index is 12.6. The Morgan fingerprint density at radius 3 is 2.44 bits per heavy atom. The first-order chi connectivity index (χ1) is 12.0. The van der Waals surface area contributed by atoms with Gasteiger partial charge in [-0.2, -0.15) is 0 Å². The van der Waals surface area contributed by atoms with E-state index in [1.165, 1.54) is 0 Å². The predicted octanol–water partition coefficient (Wildman–Crippen LogP) is 3.27. The van der Waals surface area contributed by atoms with Crippen LogP contribution in [0.2, 0.25) is 0 Å². The van der Waals surface area contributed by atoms with Crippen LogP contribution in [0.25, 0.3) is 0 Å². The predicted molar refractivity (Wildman–Crippen MR) is 95.0 cm³/mol. The van der Waals surface area contributed by atoms with Crippen LogP contribution in [0.15, 0.2) is 42.5 Å². The van der Waals surface area contributed by atoms with Gasteiger partial charge in [0.2, 0.25) is 5.91 Å². The number of amides is 1. The van der Waals surface area contributed by atoms with Crippen LogP contribution in [-0.4, -0.2) is 25.5 Å². The molecule has 1 amide bonds. The van der Waals surface area contributed by atoms with Gasteiger partial charge in [-0.05, 0) is 37.1 Å².